The zero-order valence-electron chi connectivity index (χ0n) is 21.4. The van der Waals surface area contributed by atoms with Crippen LogP contribution in [0, 0.1) is 0 Å². The van der Waals surface area contributed by atoms with Gasteiger partial charge in [-0.25, -0.2) is 4.98 Å². The van der Waals surface area contributed by atoms with Crippen LogP contribution in [-0.4, -0.2) is 26.7 Å². The molecule has 0 saturated carbocycles. The van der Waals surface area contributed by atoms with Gasteiger partial charge < -0.3 is 24.5 Å². The number of benzene rings is 3. The molecule has 1 saturated heterocycles. The maximum atomic E-state index is 11.4. The Hall–Kier alpha value is -3.20. The Kier molecular flexibility index (Phi) is 8.65. The van der Waals surface area contributed by atoms with Gasteiger partial charge in [0.05, 0.1) is 31.7 Å². The molecule has 5 rings (SSSR count). The van der Waals surface area contributed by atoms with Crippen molar-refractivity contribution in [1.29, 1.82) is 0 Å². The molecular weight excluding hydrogens is 537 g/mol. The van der Waals surface area contributed by atoms with Crippen molar-refractivity contribution in [2.45, 2.75) is 51.5 Å². The number of aliphatic hydroxyl groups excluding tert-OH is 1. The number of nitrogens with one attached hydrogen (secondary N) is 1. The van der Waals surface area contributed by atoms with Crippen molar-refractivity contribution in [3.8, 4) is 11.1 Å². The molecule has 2 heterocycles. The highest BCUT2D eigenvalue weighted by atomic mass is 35.5. The minimum atomic E-state index is -0.604. The monoisotopic (exact) mass is 565 g/mol. The largest absolute Gasteiger partial charge is 0.392 e. The molecule has 4 aromatic rings. The van der Waals surface area contributed by atoms with Crippen molar-refractivity contribution in [2.24, 2.45) is 0 Å². The quantitative estimate of drug-likeness (QED) is 0.264. The molecule has 0 aliphatic carbocycles. The first-order chi connectivity index (χ1) is 18.9. The minimum Gasteiger partial charge on any atom is -0.392 e. The molecule has 0 bridgehead atoms. The average molecular weight is 566 g/mol. The topological polar surface area (TPSA) is 85.6 Å². The first-order valence-electron chi connectivity index (χ1n) is 12.7. The number of halogens is 2. The first-order valence-corrected chi connectivity index (χ1v) is 13.5. The molecule has 0 radical (unpaired) electrons. The van der Waals surface area contributed by atoms with E-state index < -0.39 is 6.29 Å². The third-order valence-electron chi connectivity index (χ3n) is 6.79. The molecule has 39 heavy (non-hydrogen) atoms. The summed E-state index contributed by atoms with van der Waals surface area (Å²) in [5, 5.41) is 12.9. The Labute approximate surface area is 237 Å². The molecule has 2 N–H and O–H groups in total. The second-order valence-corrected chi connectivity index (χ2v) is 10.2. The number of rotatable bonds is 8. The molecule has 7 nitrogen and oxygen atoms in total. The second kappa shape index (κ2) is 12.3. The summed E-state index contributed by atoms with van der Waals surface area (Å²) < 4.78 is 14.6. The fraction of sp³-hybridized carbons (Fsp3) is 0.267. The maximum Gasteiger partial charge on any atom is 0.217 e. The number of amides is 1. The number of carbonyl (C=O) groups excluding carboxylic acids is 1. The standard InChI is InChI=1S/C30H29Cl2N3O4/c1-19(37)33-15-24-4-2-3-5-26(24)21-10-12-23(13-11-21)30-38-25(16-35-18-34-28(31)29(35)32)14-27(39-30)22-8-6-20(17-36)7-9-22/h2-13,18,25,27,30,36H,14-17H2,1H3,(H,33,37)/t25-,27+,30+/m1/s1. The van der Waals surface area contributed by atoms with Crippen LogP contribution in [-0.2, 0) is 34.0 Å². The Balaban J connectivity index is 1.40. The van der Waals surface area contributed by atoms with Gasteiger partial charge in [0.15, 0.2) is 11.4 Å². The molecule has 3 atom stereocenters. The third-order valence-corrected chi connectivity index (χ3v) is 7.56. The van der Waals surface area contributed by atoms with Gasteiger partial charge in [-0.05, 0) is 27.8 Å². The van der Waals surface area contributed by atoms with Crippen LogP contribution in [0.5, 0.6) is 0 Å². The van der Waals surface area contributed by atoms with Gasteiger partial charge in [0.2, 0.25) is 5.91 Å². The smallest absolute Gasteiger partial charge is 0.217 e. The van der Waals surface area contributed by atoms with E-state index in [-0.39, 0.29) is 29.9 Å². The van der Waals surface area contributed by atoms with E-state index in [2.05, 4.69) is 10.3 Å². The second-order valence-electron chi connectivity index (χ2n) is 9.52. The predicted octanol–water partition coefficient (Wildman–Crippen LogP) is 6.23. The highest BCUT2D eigenvalue weighted by molar-refractivity contribution is 6.40. The number of ether oxygens (including phenoxy) is 2. The zero-order valence-corrected chi connectivity index (χ0v) is 22.9. The number of imidazole rings is 1. The van der Waals surface area contributed by atoms with Crippen LogP contribution >= 0.6 is 23.2 Å². The van der Waals surface area contributed by atoms with Gasteiger partial charge in [-0.3, -0.25) is 4.79 Å². The summed E-state index contributed by atoms with van der Waals surface area (Å²) in [6, 6.07) is 23.8. The summed E-state index contributed by atoms with van der Waals surface area (Å²) in [6.45, 7) is 2.43. The summed E-state index contributed by atoms with van der Waals surface area (Å²) in [7, 11) is 0. The van der Waals surface area contributed by atoms with Gasteiger partial charge in [0.1, 0.15) is 5.15 Å². The lowest BCUT2D eigenvalue weighted by Crippen LogP contribution is -2.32. The maximum absolute atomic E-state index is 11.4. The van der Waals surface area contributed by atoms with Crippen LogP contribution in [0.1, 0.15) is 48.0 Å². The van der Waals surface area contributed by atoms with Crippen molar-refractivity contribution >= 4 is 29.1 Å². The summed E-state index contributed by atoms with van der Waals surface area (Å²) in [4.78, 5) is 15.5. The van der Waals surface area contributed by atoms with Crippen molar-refractivity contribution in [2.75, 3.05) is 0 Å². The molecule has 3 aromatic carbocycles. The summed E-state index contributed by atoms with van der Waals surface area (Å²) >= 11 is 12.4. The van der Waals surface area contributed by atoms with Crippen molar-refractivity contribution in [3.05, 3.63) is 112 Å². The van der Waals surface area contributed by atoms with Crippen LogP contribution in [0.25, 0.3) is 11.1 Å². The van der Waals surface area contributed by atoms with E-state index in [1.165, 1.54) is 6.92 Å². The Bertz CT molecular complexity index is 1420. The van der Waals surface area contributed by atoms with E-state index in [1.54, 1.807) is 10.9 Å². The molecular formula is C30H29Cl2N3O4. The summed E-state index contributed by atoms with van der Waals surface area (Å²) in [5.74, 6) is -0.0684. The fourth-order valence-corrected chi connectivity index (χ4v) is 5.03. The summed E-state index contributed by atoms with van der Waals surface area (Å²) in [6.07, 6.45) is 1.17. The summed E-state index contributed by atoms with van der Waals surface area (Å²) in [5.41, 5.74) is 5.84. The predicted molar refractivity (Wildman–Crippen MR) is 150 cm³/mol. The molecule has 1 fully saturated rings. The van der Waals surface area contributed by atoms with Crippen LogP contribution < -0.4 is 5.32 Å². The van der Waals surface area contributed by atoms with E-state index in [9.17, 15) is 9.90 Å². The lowest BCUT2D eigenvalue weighted by atomic mass is 9.97. The first kappa shape index (κ1) is 27.4. The molecule has 9 heteroatoms. The lowest BCUT2D eigenvalue weighted by Gasteiger charge is -2.36. The van der Waals surface area contributed by atoms with Gasteiger partial charge >= 0.3 is 0 Å². The van der Waals surface area contributed by atoms with Crippen molar-refractivity contribution in [3.63, 3.8) is 0 Å². The number of aliphatic hydroxyl groups is 1. The normalized spacial score (nSPS) is 19.1. The van der Waals surface area contributed by atoms with Gasteiger partial charge in [-0.2, -0.15) is 0 Å². The van der Waals surface area contributed by atoms with E-state index >= 15 is 0 Å². The highest BCUT2D eigenvalue weighted by Crippen LogP contribution is 2.39. The van der Waals surface area contributed by atoms with Gasteiger partial charge in [0.25, 0.3) is 0 Å². The van der Waals surface area contributed by atoms with Crippen LogP contribution in [0.15, 0.2) is 79.1 Å². The van der Waals surface area contributed by atoms with Gasteiger partial charge in [-0.15, -0.1) is 0 Å². The fourth-order valence-electron chi connectivity index (χ4n) is 4.72. The van der Waals surface area contributed by atoms with Crippen LogP contribution in [0.4, 0.5) is 0 Å². The molecule has 1 amide bonds. The van der Waals surface area contributed by atoms with Crippen LogP contribution in [0.3, 0.4) is 0 Å². The number of aromatic nitrogens is 2. The Morgan fingerprint density at radius 1 is 1.03 bits per heavy atom. The molecule has 1 aliphatic rings. The Morgan fingerprint density at radius 2 is 1.74 bits per heavy atom. The minimum absolute atomic E-state index is 0.0135. The van der Waals surface area contributed by atoms with Crippen molar-refractivity contribution < 1.29 is 19.4 Å². The number of carbonyl (C=O) groups is 1. The van der Waals surface area contributed by atoms with Crippen molar-refractivity contribution in [1.82, 2.24) is 14.9 Å². The van der Waals surface area contributed by atoms with Gasteiger partial charge in [-0.1, -0.05) is 96.0 Å². The number of hydrogen-bond donors (Lipinski definition) is 2. The van der Waals surface area contributed by atoms with E-state index in [0.29, 0.717) is 24.7 Å². The SMILES string of the molecule is CC(=O)NCc1ccccc1-c1ccc([C@H]2O[C@@H](Cn3cnc(Cl)c3Cl)C[C@@H](c3ccc(CO)cc3)O2)cc1. The number of hydrogen-bond acceptors (Lipinski definition) is 5. The molecule has 0 unspecified atom stereocenters. The number of nitrogens with zero attached hydrogens (tertiary/aromatic N) is 2. The highest BCUT2D eigenvalue weighted by Gasteiger charge is 2.33. The average Bonchev–Trinajstić information content (AvgIpc) is 3.28. The Morgan fingerprint density at radius 3 is 2.41 bits per heavy atom. The lowest BCUT2D eigenvalue weighted by molar-refractivity contribution is -0.252. The van der Waals surface area contributed by atoms with E-state index in [4.69, 9.17) is 32.7 Å². The molecule has 1 aliphatic heterocycles. The third kappa shape index (κ3) is 6.52. The van der Waals surface area contributed by atoms with E-state index in [0.717, 1.165) is 33.4 Å². The molecule has 202 valence electrons. The van der Waals surface area contributed by atoms with Crippen LogP contribution in [0.2, 0.25) is 10.3 Å². The molecule has 1 aromatic heterocycles. The zero-order chi connectivity index (χ0) is 27.4. The van der Waals surface area contributed by atoms with E-state index in [1.807, 2.05) is 72.8 Å². The molecule has 0 spiro atoms. The van der Waals surface area contributed by atoms with Gasteiger partial charge in [0, 0.05) is 25.5 Å².